The molecule has 22 heavy (non-hydrogen) atoms. The topological polar surface area (TPSA) is 199 Å². The lowest BCUT2D eigenvalue weighted by atomic mass is 9.72. The monoisotopic (exact) mass is 292 g/mol. The Morgan fingerprint density at radius 1 is 0.682 bits per heavy atom. The first-order chi connectivity index (χ1) is 10.4. The average molecular weight is 292 g/mol. The van der Waals surface area contributed by atoms with Crippen LogP contribution in [0.2, 0.25) is 0 Å². The van der Waals surface area contributed by atoms with Crippen molar-refractivity contribution < 1.29 is 0 Å². The van der Waals surface area contributed by atoms with Crippen LogP contribution in [0.1, 0.15) is 0 Å². The molecule has 2 atom stereocenters. The summed E-state index contributed by atoms with van der Waals surface area (Å²) >= 11 is 0. The molecule has 0 aromatic rings. The van der Waals surface area contributed by atoms with E-state index < -0.39 is 11.8 Å². The molecule has 0 aromatic carbocycles. The Hall–Kier alpha value is -3.88. The van der Waals surface area contributed by atoms with E-state index >= 15 is 0 Å². The van der Waals surface area contributed by atoms with E-state index in [2.05, 4.69) is 0 Å². The van der Waals surface area contributed by atoms with E-state index in [1.807, 2.05) is 12.1 Å². The Morgan fingerprint density at radius 3 is 1.18 bits per heavy atom. The van der Waals surface area contributed by atoms with Crippen LogP contribution in [0.15, 0.2) is 46.1 Å². The summed E-state index contributed by atoms with van der Waals surface area (Å²) in [5.74, 6) is -1.81. The molecular weight excluding hydrogens is 280 g/mol. The maximum absolute atomic E-state index is 9.33. The maximum Gasteiger partial charge on any atom is 0.102 e. The van der Waals surface area contributed by atoms with E-state index in [0.29, 0.717) is 0 Å². The van der Waals surface area contributed by atoms with Gasteiger partial charge < -0.3 is 22.9 Å². The summed E-state index contributed by atoms with van der Waals surface area (Å²) in [6, 6.07) is 7.29. The van der Waals surface area contributed by atoms with Crippen LogP contribution in [0.5, 0.6) is 0 Å². The van der Waals surface area contributed by atoms with E-state index in [4.69, 9.17) is 22.9 Å². The molecule has 8 nitrogen and oxygen atoms in total. The minimum Gasteiger partial charge on any atom is -0.386 e. The lowest BCUT2D eigenvalue weighted by molar-refractivity contribution is 0.608. The zero-order valence-electron chi connectivity index (χ0n) is 11.4. The molecular formula is C14H12N8. The van der Waals surface area contributed by atoms with Crippen LogP contribution in [0.3, 0.4) is 0 Å². The van der Waals surface area contributed by atoms with Crippen molar-refractivity contribution in [2.75, 3.05) is 0 Å². The van der Waals surface area contributed by atoms with Gasteiger partial charge in [-0.1, -0.05) is 0 Å². The summed E-state index contributed by atoms with van der Waals surface area (Å²) in [5, 5.41) is 37.1. The Labute approximate surface area is 127 Å². The van der Waals surface area contributed by atoms with Crippen molar-refractivity contribution in [3.8, 4) is 24.3 Å². The zero-order valence-corrected chi connectivity index (χ0v) is 11.4. The third kappa shape index (κ3) is 2.82. The van der Waals surface area contributed by atoms with Crippen LogP contribution in [-0.4, -0.2) is 0 Å². The molecule has 0 aliphatic heterocycles. The van der Waals surface area contributed by atoms with Gasteiger partial charge in [0.1, 0.15) is 12.1 Å². The summed E-state index contributed by atoms with van der Waals surface area (Å²) in [4.78, 5) is 0. The first kappa shape index (κ1) is 16.2. The summed E-state index contributed by atoms with van der Waals surface area (Å²) in [6.45, 7) is 0. The fourth-order valence-electron chi connectivity index (χ4n) is 2.24. The average Bonchev–Trinajstić information content (AvgIpc) is 2.46. The molecule has 0 bridgehead atoms. The SMILES string of the molecule is N#CC1=C(C#N)[C@H](C=C(N)N)[C@@H](C=C(N)N)C(C#N)=C1C#N. The second-order valence-corrected chi connectivity index (χ2v) is 4.41. The lowest BCUT2D eigenvalue weighted by Crippen LogP contribution is -2.26. The quantitative estimate of drug-likeness (QED) is 0.518. The van der Waals surface area contributed by atoms with Crippen LogP contribution in [0.25, 0.3) is 0 Å². The predicted molar refractivity (Wildman–Crippen MR) is 76.4 cm³/mol. The molecule has 0 radical (unpaired) electrons. The molecule has 8 N–H and O–H groups in total. The summed E-state index contributed by atoms with van der Waals surface area (Å²) < 4.78 is 0. The van der Waals surface area contributed by atoms with Crippen LogP contribution in [0.4, 0.5) is 0 Å². The van der Waals surface area contributed by atoms with Crippen LogP contribution in [0, 0.1) is 57.2 Å². The maximum atomic E-state index is 9.33. The highest BCUT2D eigenvalue weighted by molar-refractivity contribution is 5.66. The minimum absolute atomic E-state index is 0.0195. The first-order valence-electron chi connectivity index (χ1n) is 5.95. The summed E-state index contributed by atoms with van der Waals surface area (Å²) in [7, 11) is 0. The second kappa shape index (κ2) is 6.52. The molecule has 0 aromatic heterocycles. The normalized spacial score (nSPS) is 20.0. The van der Waals surface area contributed by atoms with Crippen LogP contribution >= 0.6 is 0 Å². The van der Waals surface area contributed by atoms with Gasteiger partial charge in [-0.05, 0) is 12.2 Å². The van der Waals surface area contributed by atoms with Crippen molar-refractivity contribution in [1.82, 2.24) is 0 Å². The number of hydrogen-bond acceptors (Lipinski definition) is 8. The second-order valence-electron chi connectivity index (χ2n) is 4.41. The van der Waals surface area contributed by atoms with E-state index in [9.17, 15) is 21.0 Å². The van der Waals surface area contributed by atoms with Crippen LogP contribution < -0.4 is 22.9 Å². The number of nitriles is 4. The number of nitrogens with zero attached hydrogens (tertiary/aromatic N) is 4. The molecule has 1 rings (SSSR count). The van der Waals surface area contributed by atoms with Gasteiger partial charge in [-0.25, -0.2) is 0 Å². The number of allylic oxidation sites excluding steroid dienone is 6. The van der Waals surface area contributed by atoms with Gasteiger partial charge in [0.15, 0.2) is 0 Å². The molecule has 0 heterocycles. The third-order valence-electron chi connectivity index (χ3n) is 3.05. The number of nitrogens with two attached hydrogens (primary N) is 4. The van der Waals surface area contributed by atoms with Crippen LogP contribution in [-0.2, 0) is 0 Å². The molecule has 0 amide bonds. The van der Waals surface area contributed by atoms with E-state index in [1.54, 1.807) is 12.1 Å². The van der Waals surface area contributed by atoms with Crippen molar-refractivity contribution >= 4 is 0 Å². The summed E-state index contributed by atoms with van der Waals surface area (Å²) in [6.07, 6.45) is 2.65. The van der Waals surface area contributed by atoms with Gasteiger partial charge in [0.05, 0.1) is 46.1 Å². The Balaban J connectivity index is 3.85. The molecule has 108 valence electrons. The van der Waals surface area contributed by atoms with Gasteiger partial charge in [-0.15, -0.1) is 0 Å². The Bertz CT molecular complexity index is 707. The molecule has 1 aliphatic carbocycles. The minimum atomic E-state index is -0.807. The highest BCUT2D eigenvalue weighted by Gasteiger charge is 2.36. The van der Waals surface area contributed by atoms with Gasteiger partial charge in [0.25, 0.3) is 0 Å². The van der Waals surface area contributed by atoms with Crippen molar-refractivity contribution in [3.05, 3.63) is 46.1 Å². The van der Waals surface area contributed by atoms with E-state index in [0.717, 1.165) is 0 Å². The largest absolute Gasteiger partial charge is 0.386 e. The Morgan fingerprint density at radius 2 is 1.00 bits per heavy atom. The van der Waals surface area contributed by atoms with E-state index in [1.165, 1.54) is 12.2 Å². The van der Waals surface area contributed by atoms with Crippen molar-refractivity contribution in [3.63, 3.8) is 0 Å². The molecule has 1 aliphatic rings. The van der Waals surface area contributed by atoms with Gasteiger partial charge in [-0.2, -0.15) is 21.0 Å². The van der Waals surface area contributed by atoms with Crippen molar-refractivity contribution in [1.29, 1.82) is 21.0 Å². The third-order valence-corrected chi connectivity index (χ3v) is 3.05. The fraction of sp³-hybridized carbons (Fsp3) is 0.143. The first-order valence-corrected chi connectivity index (χ1v) is 5.95. The molecule has 0 saturated carbocycles. The highest BCUT2D eigenvalue weighted by atomic mass is 14.8. The number of hydrogen-bond donors (Lipinski definition) is 4. The van der Waals surface area contributed by atoms with Crippen molar-refractivity contribution in [2.45, 2.75) is 0 Å². The molecule has 0 fully saturated rings. The van der Waals surface area contributed by atoms with Crippen molar-refractivity contribution in [2.24, 2.45) is 34.8 Å². The van der Waals surface area contributed by atoms with E-state index in [-0.39, 0.29) is 33.9 Å². The van der Waals surface area contributed by atoms with Gasteiger partial charge in [0, 0.05) is 11.8 Å². The molecule has 0 unspecified atom stereocenters. The predicted octanol–water partition coefficient (Wildman–Crippen LogP) is -0.562. The molecule has 0 saturated heterocycles. The lowest BCUT2D eigenvalue weighted by Gasteiger charge is -2.27. The Kier molecular flexibility index (Phi) is 4.79. The van der Waals surface area contributed by atoms with Gasteiger partial charge in [-0.3, -0.25) is 0 Å². The zero-order chi connectivity index (χ0) is 16.9. The molecule has 8 heteroatoms. The highest BCUT2D eigenvalue weighted by Crippen LogP contribution is 2.40. The fourth-order valence-corrected chi connectivity index (χ4v) is 2.24. The van der Waals surface area contributed by atoms with Gasteiger partial charge >= 0.3 is 0 Å². The number of rotatable bonds is 2. The smallest absolute Gasteiger partial charge is 0.102 e. The summed E-state index contributed by atoms with van der Waals surface area (Å²) in [5.41, 5.74) is 21.4. The standard InChI is InChI=1S/C14H12N8/c15-3-9-7(1-13(19)20)8(2-14(21)22)10(4-16)12(6-18)11(9)5-17/h1-2,7-8H,19-22H2/t7-,8-/m1/s1. The van der Waals surface area contributed by atoms with Gasteiger partial charge in [0.2, 0.25) is 0 Å². The molecule has 0 spiro atoms.